The Labute approximate surface area is 55.7 Å². The van der Waals surface area contributed by atoms with E-state index in [-0.39, 0.29) is 0 Å². The molecule has 1 radical (unpaired) electrons. The van der Waals surface area contributed by atoms with Crippen molar-refractivity contribution in [1.29, 1.82) is 0 Å². The summed E-state index contributed by atoms with van der Waals surface area (Å²) in [6.45, 7) is 0. The number of halogens is 3. The monoisotopic (exact) mass is 297 g/mol. The molecule has 0 atom stereocenters. The zero-order valence-corrected chi connectivity index (χ0v) is 6.96. The van der Waals surface area contributed by atoms with Crippen LogP contribution in [0.1, 0.15) is 0 Å². The highest BCUT2D eigenvalue weighted by molar-refractivity contribution is 14.1. The number of hydrogen-bond acceptors (Lipinski definition) is 0. The summed E-state index contributed by atoms with van der Waals surface area (Å²) in [7, 11) is 0. The van der Waals surface area contributed by atoms with Gasteiger partial charge in [-0.25, -0.2) is 0 Å². The van der Waals surface area contributed by atoms with E-state index >= 15 is 0 Å². The van der Waals surface area contributed by atoms with Crippen LogP contribution in [0, 0.1) is 1.74 Å². The van der Waals surface area contributed by atoms with Gasteiger partial charge < -0.3 is 0 Å². The van der Waals surface area contributed by atoms with E-state index in [1.165, 1.54) is 0 Å². The zero-order chi connectivity index (χ0) is 3.58. The molecule has 0 spiro atoms. The van der Waals surface area contributed by atoms with Crippen molar-refractivity contribution in [2.24, 2.45) is 0 Å². The Bertz CT molecular complexity index is 10.8. The maximum atomic E-state index is 3.09. The molecule has 0 aromatic heterocycles. The van der Waals surface area contributed by atoms with Crippen LogP contribution in [0.15, 0.2) is 0 Å². The van der Waals surface area contributed by atoms with E-state index in [9.17, 15) is 0 Å². The van der Waals surface area contributed by atoms with Crippen LogP contribution in [-0.2, 0) is 0 Å². The highest BCUT2D eigenvalue weighted by Gasteiger charge is 1.79. The maximum Gasteiger partial charge on any atom is 0.165 e. The minimum absolute atomic E-state index is 1.01. The summed E-state index contributed by atoms with van der Waals surface area (Å²) in [4.78, 5) is 0. The summed E-state index contributed by atoms with van der Waals surface area (Å²) < 4.78 is 1.01. The smallest absolute Gasteiger partial charge is 0.0575 e. The van der Waals surface area contributed by atoms with E-state index in [4.69, 9.17) is 0 Å². The van der Waals surface area contributed by atoms with Gasteiger partial charge in [-0.15, -0.1) is 0 Å². The van der Waals surface area contributed by atoms with Crippen molar-refractivity contribution in [2.75, 3.05) is 0 Å². The SMILES string of the molecule is Br[C](Br)I. The van der Waals surface area contributed by atoms with Crippen molar-refractivity contribution in [1.82, 2.24) is 0 Å². The van der Waals surface area contributed by atoms with E-state index in [1.807, 2.05) is 0 Å². The summed E-state index contributed by atoms with van der Waals surface area (Å²) in [6.07, 6.45) is 0. The minimum Gasteiger partial charge on any atom is -0.0575 e. The molecule has 0 aliphatic rings. The quantitative estimate of drug-likeness (QED) is 0.603. The lowest BCUT2D eigenvalue weighted by molar-refractivity contribution is 2.83. The predicted molar refractivity (Wildman–Crippen MR) is 35.1 cm³/mol. The molecule has 0 saturated carbocycles. The molecule has 25 valence electrons. The molecule has 0 aliphatic heterocycles. The summed E-state index contributed by atoms with van der Waals surface area (Å²) >= 11 is 8.28. The molecular formula is CBr2I. The molecule has 0 amide bonds. The fourth-order valence-electron chi connectivity index (χ4n) is 0. The summed E-state index contributed by atoms with van der Waals surface area (Å²) in [5.41, 5.74) is 0. The van der Waals surface area contributed by atoms with Crippen molar-refractivity contribution in [3.63, 3.8) is 0 Å². The molecule has 0 rings (SSSR count). The van der Waals surface area contributed by atoms with Crippen molar-refractivity contribution in [2.45, 2.75) is 0 Å². The van der Waals surface area contributed by atoms with Gasteiger partial charge in [-0.2, -0.15) is 0 Å². The van der Waals surface area contributed by atoms with Crippen LogP contribution in [0.5, 0.6) is 0 Å². The Kier molecular flexibility index (Phi) is 4.13. The second-order valence-corrected chi connectivity index (χ2v) is 6.91. The van der Waals surface area contributed by atoms with E-state index < -0.39 is 0 Å². The third-order valence-electron chi connectivity index (χ3n) is 0. The lowest BCUT2D eigenvalue weighted by atomic mass is 12.0. The Hall–Kier alpha value is 1.69. The molecule has 3 heteroatoms. The van der Waals surface area contributed by atoms with Crippen LogP contribution >= 0.6 is 54.5 Å². The fraction of sp³-hybridized carbons (Fsp3) is 0. The van der Waals surface area contributed by atoms with Gasteiger partial charge in [0.25, 0.3) is 0 Å². The first-order valence-corrected chi connectivity index (χ1v) is 3.23. The van der Waals surface area contributed by atoms with Crippen LogP contribution in [0.3, 0.4) is 0 Å². The second-order valence-electron chi connectivity index (χ2n) is 0.214. The highest BCUT2D eigenvalue weighted by atomic mass is 127. The number of rotatable bonds is 0. The second kappa shape index (κ2) is 2.90. The largest absolute Gasteiger partial charge is 0.165 e. The summed E-state index contributed by atoms with van der Waals surface area (Å²) in [6, 6.07) is 0. The molecule has 0 aromatic carbocycles. The van der Waals surface area contributed by atoms with Gasteiger partial charge in [-0.1, -0.05) is 31.9 Å². The van der Waals surface area contributed by atoms with Crippen LogP contribution in [0.2, 0.25) is 0 Å². The lowest BCUT2D eigenvalue weighted by Crippen LogP contribution is -1.30. The van der Waals surface area contributed by atoms with E-state index in [2.05, 4.69) is 54.5 Å². The van der Waals surface area contributed by atoms with Gasteiger partial charge in [0.05, 0.1) is 0 Å². The van der Waals surface area contributed by atoms with Gasteiger partial charge >= 0.3 is 0 Å². The third-order valence-corrected chi connectivity index (χ3v) is 0. The topological polar surface area (TPSA) is 0 Å². The van der Waals surface area contributed by atoms with Gasteiger partial charge in [-0.3, -0.25) is 0 Å². The molecule has 0 saturated heterocycles. The van der Waals surface area contributed by atoms with Gasteiger partial charge in [-0.05, 0) is 22.6 Å². The maximum absolute atomic E-state index is 3.09. The Morgan fingerprint density at radius 2 is 1.50 bits per heavy atom. The zero-order valence-electron chi connectivity index (χ0n) is 1.63. The van der Waals surface area contributed by atoms with Gasteiger partial charge in [0.15, 0.2) is 1.74 Å². The van der Waals surface area contributed by atoms with Gasteiger partial charge in [0, 0.05) is 0 Å². The molecule has 0 aliphatic carbocycles. The Morgan fingerprint density at radius 1 is 1.50 bits per heavy atom. The highest BCUT2D eigenvalue weighted by Crippen LogP contribution is 2.25. The molecule has 0 bridgehead atoms. The standard InChI is InChI=1S/CBr2I/c2-1(3)4. The molecule has 0 N–H and O–H groups in total. The van der Waals surface area contributed by atoms with Crippen LogP contribution in [0.4, 0.5) is 0 Å². The molecule has 0 nitrogen and oxygen atoms in total. The van der Waals surface area contributed by atoms with E-state index in [1.54, 1.807) is 0 Å². The van der Waals surface area contributed by atoms with Crippen molar-refractivity contribution < 1.29 is 0 Å². The number of hydrogen-bond donors (Lipinski definition) is 0. The summed E-state index contributed by atoms with van der Waals surface area (Å²) in [5, 5.41) is 0. The molecule has 0 heterocycles. The fourth-order valence-corrected chi connectivity index (χ4v) is 0. The average Bonchev–Trinajstić information content (AvgIpc) is 0.811. The van der Waals surface area contributed by atoms with Crippen molar-refractivity contribution >= 4 is 54.5 Å². The lowest BCUT2D eigenvalue weighted by Gasteiger charge is -1.68. The molecular weight excluding hydrogens is 299 g/mol. The van der Waals surface area contributed by atoms with Crippen molar-refractivity contribution in [3.05, 3.63) is 1.74 Å². The first-order chi connectivity index (χ1) is 1.73. The molecule has 0 fully saturated rings. The molecule has 4 heavy (non-hydrogen) atoms. The van der Waals surface area contributed by atoms with Crippen LogP contribution in [-0.4, -0.2) is 0 Å². The molecule has 0 unspecified atom stereocenters. The van der Waals surface area contributed by atoms with Crippen LogP contribution in [0.25, 0.3) is 0 Å². The first kappa shape index (κ1) is 5.69. The predicted octanol–water partition coefficient (Wildman–Crippen LogP) is 2.66. The van der Waals surface area contributed by atoms with Gasteiger partial charge in [0.2, 0.25) is 0 Å². The normalized spacial score (nSPS) is 9.00. The minimum atomic E-state index is 1.01. The molecule has 0 aromatic rings. The van der Waals surface area contributed by atoms with Gasteiger partial charge in [0.1, 0.15) is 0 Å². The van der Waals surface area contributed by atoms with Crippen molar-refractivity contribution in [3.8, 4) is 0 Å². The first-order valence-electron chi connectivity index (χ1n) is 0.567. The summed E-state index contributed by atoms with van der Waals surface area (Å²) in [5.74, 6) is 0. The van der Waals surface area contributed by atoms with E-state index in [0.717, 1.165) is 1.74 Å². The Morgan fingerprint density at radius 3 is 1.50 bits per heavy atom. The third kappa shape index (κ3) is 9.35. The van der Waals surface area contributed by atoms with E-state index in [0.29, 0.717) is 0 Å². The Balaban J connectivity index is 2.32. The van der Waals surface area contributed by atoms with Crippen LogP contribution < -0.4 is 0 Å². The average molecular weight is 299 g/mol.